The molecular formula is C7H9N3O4. The van der Waals surface area contributed by atoms with E-state index < -0.39 is 17.4 Å². The first-order valence-corrected chi connectivity index (χ1v) is 3.87. The van der Waals surface area contributed by atoms with E-state index in [2.05, 4.69) is 14.7 Å². The lowest BCUT2D eigenvalue weighted by Crippen LogP contribution is -2.15. The minimum atomic E-state index is -1.28. The van der Waals surface area contributed by atoms with Crippen molar-refractivity contribution in [3.05, 3.63) is 16.4 Å². The van der Waals surface area contributed by atoms with E-state index in [4.69, 9.17) is 10.5 Å². The van der Waals surface area contributed by atoms with Crippen LogP contribution in [0.5, 0.6) is 0 Å². The largest absolute Gasteiger partial charge is 0.477 e. The van der Waals surface area contributed by atoms with E-state index in [9.17, 15) is 9.59 Å². The maximum absolute atomic E-state index is 10.6. The lowest BCUT2D eigenvalue weighted by molar-refractivity contribution is -0.129. The fourth-order valence-electron chi connectivity index (χ4n) is 0.944. The van der Waals surface area contributed by atoms with Crippen molar-refractivity contribution in [1.82, 2.24) is 10.1 Å². The molecule has 1 atom stereocenters. The quantitative estimate of drug-likeness (QED) is 0.587. The van der Waals surface area contributed by atoms with Gasteiger partial charge in [0.2, 0.25) is 0 Å². The third-order valence-corrected chi connectivity index (χ3v) is 1.69. The van der Waals surface area contributed by atoms with E-state index in [1.807, 2.05) is 0 Å². The summed E-state index contributed by atoms with van der Waals surface area (Å²) in [7, 11) is 0. The van der Waals surface area contributed by atoms with Crippen molar-refractivity contribution >= 4 is 11.7 Å². The molecule has 0 fully saturated rings. The van der Waals surface area contributed by atoms with Gasteiger partial charge >= 0.3 is 11.7 Å². The van der Waals surface area contributed by atoms with E-state index in [0.717, 1.165) is 0 Å². The van der Waals surface area contributed by atoms with Crippen molar-refractivity contribution in [1.29, 1.82) is 5.41 Å². The van der Waals surface area contributed by atoms with Gasteiger partial charge < -0.3 is 5.11 Å². The second kappa shape index (κ2) is 3.86. The summed E-state index contributed by atoms with van der Waals surface area (Å²) in [5.41, 5.74) is -0.429. The van der Waals surface area contributed by atoms with Crippen LogP contribution in [0.15, 0.2) is 9.32 Å². The molecule has 76 valence electrons. The third-order valence-electron chi connectivity index (χ3n) is 1.69. The Morgan fingerprint density at radius 1 is 1.79 bits per heavy atom. The Bertz CT molecular complexity index is 405. The number of aromatic nitrogens is 2. The van der Waals surface area contributed by atoms with Gasteiger partial charge in [0.1, 0.15) is 5.71 Å². The lowest BCUT2D eigenvalue weighted by Gasteiger charge is -2.04. The fraction of sp³-hybridized carbons (Fsp3) is 0.429. The molecule has 3 N–H and O–H groups in total. The van der Waals surface area contributed by atoms with E-state index in [1.54, 1.807) is 6.92 Å². The zero-order chi connectivity index (χ0) is 10.7. The van der Waals surface area contributed by atoms with Crippen molar-refractivity contribution in [3.8, 4) is 0 Å². The normalized spacial score (nSPS) is 12.4. The van der Waals surface area contributed by atoms with Gasteiger partial charge in [-0.15, -0.1) is 0 Å². The van der Waals surface area contributed by atoms with Gasteiger partial charge in [0.25, 0.3) is 0 Å². The molecule has 0 radical (unpaired) electrons. The number of hydrogen-bond donors (Lipinski definition) is 3. The predicted octanol–water partition coefficient (Wildman–Crippen LogP) is -0.0391. The summed E-state index contributed by atoms with van der Waals surface area (Å²) < 4.78 is 4.25. The van der Waals surface area contributed by atoms with Gasteiger partial charge in [0.05, 0.1) is 0 Å². The number of carboxylic acid groups (broad SMARTS) is 1. The van der Waals surface area contributed by atoms with Crippen LogP contribution in [0.4, 0.5) is 0 Å². The summed E-state index contributed by atoms with van der Waals surface area (Å²) in [5, 5.41) is 18.9. The molecule has 14 heavy (non-hydrogen) atoms. The average Bonchev–Trinajstić information content (AvgIpc) is 2.51. The number of carboxylic acids is 1. The van der Waals surface area contributed by atoms with Gasteiger partial charge in [-0.05, 0) is 0 Å². The highest BCUT2D eigenvalue weighted by atomic mass is 16.5. The molecule has 0 aliphatic heterocycles. The van der Waals surface area contributed by atoms with Gasteiger partial charge in [0.15, 0.2) is 5.82 Å². The van der Waals surface area contributed by atoms with Crippen LogP contribution in [0.25, 0.3) is 0 Å². The molecule has 0 saturated carbocycles. The standard InChI is InChI=1S/C7H9N3O4/c1-3(2-4(8)6(11)12)5-9-7(13)14-10-5/h3,8H,2H2,1H3,(H,11,12)(H,9,10,13)/t3-/m1/s1. The molecular weight excluding hydrogens is 190 g/mol. The molecule has 0 aliphatic rings. The monoisotopic (exact) mass is 199 g/mol. The minimum Gasteiger partial charge on any atom is -0.477 e. The Labute approximate surface area is 78.2 Å². The zero-order valence-electron chi connectivity index (χ0n) is 7.40. The molecule has 0 unspecified atom stereocenters. The van der Waals surface area contributed by atoms with Crippen LogP contribution in [0.1, 0.15) is 25.1 Å². The number of hydrogen-bond acceptors (Lipinski definition) is 5. The highest BCUT2D eigenvalue weighted by Gasteiger charge is 2.16. The third kappa shape index (κ3) is 2.28. The van der Waals surface area contributed by atoms with Crippen molar-refractivity contribution in [3.63, 3.8) is 0 Å². The molecule has 7 heteroatoms. The Morgan fingerprint density at radius 2 is 2.43 bits per heavy atom. The summed E-state index contributed by atoms with van der Waals surface area (Å²) in [5.74, 6) is -2.07. The highest BCUT2D eigenvalue weighted by molar-refractivity contribution is 6.34. The minimum absolute atomic E-state index is 0.00218. The van der Waals surface area contributed by atoms with Crippen LogP contribution in [0.2, 0.25) is 0 Å². The summed E-state index contributed by atoms with van der Waals surface area (Å²) in [6.45, 7) is 1.64. The second-order valence-electron chi connectivity index (χ2n) is 2.87. The summed E-state index contributed by atoms with van der Waals surface area (Å²) in [6, 6.07) is 0. The number of rotatable bonds is 4. The topological polar surface area (TPSA) is 120 Å². The van der Waals surface area contributed by atoms with Crippen LogP contribution in [-0.4, -0.2) is 26.9 Å². The molecule has 1 aromatic heterocycles. The molecule has 0 amide bonds. The van der Waals surface area contributed by atoms with E-state index in [0.29, 0.717) is 0 Å². The average molecular weight is 199 g/mol. The Morgan fingerprint density at radius 3 is 2.86 bits per heavy atom. The molecule has 0 aliphatic carbocycles. The maximum Gasteiger partial charge on any atom is 0.438 e. The molecule has 0 bridgehead atoms. The van der Waals surface area contributed by atoms with Crippen LogP contribution in [0.3, 0.4) is 0 Å². The lowest BCUT2D eigenvalue weighted by atomic mass is 10.0. The van der Waals surface area contributed by atoms with Gasteiger partial charge in [-0.3, -0.25) is 14.9 Å². The van der Waals surface area contributed by atoms with E-state index >= 15 is 0 Å². The molecule has 0 saturated heterocycles. The summed E-state index contributed by atoms with van der Waals surface area (Å²) in [4.78, 5) is 23.2. The molecule has 1 aromatic rings. The summed E-state index contributed by atoms with van der Waals surface area (Å²) >= 11 is 0. The highest BCUT2D eigenvalue weighted by Crippen LogP contribution is 2.13. The fourth-order valence-corrected chi connectivity index (χ4v) is 0.944. The first-order valence-electron chi connectivity index (χ1n) is 3.87. The first-order chi connectivity index (χ1) is 6.50. The van der Waals surface area contributed by atoms with Gasteiger partial charge in [0, 0.05) is 12.3 Å². The van der Waals surface area contributed by atoms with Crippen LogP contribution in [-0.2, 0) is 4.79 Å². The van der Waals surface area contributed by atoms with Crippen molar-refractivity contribution in [2.45, 2.75) is 19.3 Å². The second-order valence-corrected chi connectivity index (χ2v) is 2.87. The van der Waals surface area contributed by atoms with Crippen molar-refractivity contribution < 1.29 is 14.4 Å². The number of nitrogens with one attached hydrogen (secondary N) is 2. The molecule has 1 heterocycles. The Balaban J connectivity index is 2.68. The van der Waals surface area contributed by atoms with Crippen LogP contribution in [0, 0.1) is 5.41 Å². The molecule has 7 nitrogen and oxygen atoms in total. The summed E-state index contributed by atoms with van der Waals surface area (Å²) in [6.07, 6.45) is -0.00218. The first kappa shape index (κ1) is 10.2. The van der Waals surface area contributed by atoms with Crippen molar-refractivity contribution in [2.24, 2.45) is 0 Å². The zero-order valence-corrected chi connectivity index (χ0v) is 7.40. The maximum atomic E-state index is 10.6. The molecule has 1 rings (SSSR count). The molecule has 0 spiro atoms. The van der Waals surface area contributed by atoms with Gasteiger partial charge in [-0.25, -0.2) is 9.59 Å². The smallest absolute Gasteiger partial charge is 0.438 e. The number of aliphatic carboxylic acids is 1. The Hall–Kier alpha value is -1.92. The number of nitrogens with zero attached hydrogens (tertiary/aromatic N) is 1. The number of H-pyrrole nitrogens is 1. The number of aromatic amines is 1. The Kier molecular flexibility index (Phi) is 2.80. The van der Waals surface area contributed by atoms with E-state index in [-0.39, 0.29) is 18.2 Å². The SMILES string of the molecule is C[C@H](CC(=N)C(=O)O)c1noc(=O)[nH]1. The number of carbonyl (C=O) groups is 1. The van der Waals surface area contributed by atoms with Crippen molar-refractivity contribution in [2.75, 3.05) is 0 Å². The van der Waals surface area contributed by atoms with Gasteiger partial charge in [-0.1, -0.05) is 12.1 Å². The van der Waals surface area contributed by atoms with Gasteiger partial charge in [-0.2, -0.15) is 0 Å². The van der Waals surface area contributed by atoms with Crippen LogP contribution >= 0.6 is 0 Å². The predicted molar refractivity (Wildman–Crippen MR) is 45.5 cm³/mol. The van der Waals surface area contributed by atoms with Crippen LogP contribution < -0.4 is 5.76 Å². The van der Waals surface area contributed by atoms with E-state index in [1.165, 1.54) is 0 Å². The molecule has 0 aromatic carbocycles.